The van der Waals surface area contributed by atoms with E-state index in [0.717, 1.165) is 17.3 Å². The Bertz CT molecular complexity index is 667. The van der Waals surface area contributed by atoms with Crippen molar-refractivity contribution in [2.45, 2.75) is 45.1 Å². The molecule has 6 heteroatoms. The van der Waals surface area contributed by atoms with Gasteiger partial charge in [0.05, 0.1) is 10.6 Å². The number of rotatable bonds is 4. The number of hydrogen-bond donors (Lipinski definition) is 2. The predicted molar refractivity (Wildman–Crippen MR) is 103 cm³/mol. The van der Waals surface area contributed by atoms with Crippen LogP contribution in [0.25, 0.3) is 0 Å². The summed E-state index contributed by atoms with van der Waals surface area (Å²) in [5.41, 5.74) is 0.450. The Morgan fingerprint density at radius 2 is 2.16 bits per heavy atom. The van der Waals surface area contributed by atoms with Crippen LogP contribution < -0.4 is 10.6 Å². The van der Waals surface area contributed by atoms with Gasteiger partial charge in [-0.15, -0.1) is 0 Å². The second-order valence-electron chi connectivity index (χ2n) is 7.39. The van der Waals surface area contributed by atoms with E-state index in [1.54, 1.807) is 18.2 Å². The van der Waals surface area contributed by atoms with Crippen molar-refractivity contribution in [3.63, 3.8) is 0 Å². The molecule has 4 atom stereocenters. The van der Waals surface area contributed by atoms with Crippen LogP contribution in [0.4, 0.5) is 0 Å². The monoisotopic (exact) mass is 426 g/mol. The largest absolute Gasteiger partial charge is 0.353 e. The van der Waals surface area contributed by atoms with Gasteiger partial charge in [0, 0.05) is 23.0 Å². The molecule has 0 spiro atoms. The smallest absolute Gasteiger partial charge is 0.252 e. The number of nitrogens with one attached hydrogen (secondary N) is 2. The van der Waals surface area contributed by atoms with Crippen LogP contribution in [0.1, 0.15) is 49.4 Å². The molecule has 1 aromatic rings. The zero-order valence-electron chi connectivity index (χ0n) is 14.4. The zero-order valence-corrected chi connectivity index (χ0v) is 16.7. The van der Waals surface area contributed by atoms with E-state index >= 15 is 0 Å². The molecule has 0 bridgehead atoms. The van der Waals surface area contributed by atoms with Crippen molar-refractivity contribution in [3.05, 3.63) is 33.3 Å². The Morgan fingerprint density at radius 3 is 2.96 bits per heavy atom. The minimum Gasteiger partial charge on any atom is -0.353 e. The minimum atomic E-state index is -0.202. The van der Waals surface area contributed by atoms with Crippen molar-refractivity contribution in [3.8, 4) is 0 Å². The number of halogens is 2. The highest BCUT2D eigenvalue weighted by Gasteiger charge is 2.38. The van der Waals surface area contributed by atoms with Crippen LogP contribution in [-0.2, 0) is 4.79 Å². The summed E-state index contributed by atoms with van der Waals surface area (Å²) in [5, 5.41) is 6.52. The molecule has 2 fully saturated rings. The number of fused-ring (bicyclic) bond motifs is 1. The lowest BCUT2D eigenvalue weighted by molar-refractivity contribution is -0.130. The molecule has 1 aliphatic heterocycles. The van der Waals surface area contributed by atoms with E-state index in [2.05, 4.69) is 33.5 Å². The second kappa shape index (κ2) is 8.09. The fourth-order valence-electron chi connectivity index (χ4n) is 4.05. The fourth-order valence-corrected chi connectivity index (χ4v) is 4.62. The fraction of sp³-hybridized carbons (Fsp3) is 0.579. The highest BCUT2D eigenvalue weighted by Crippen LogP contribution is 2.36. The molecule has 3 rings (SSSR count). The van der Waals surface area contributed by atoms with Crippen LogP contribution in [0.3, 0.4) is 0 Å². The maximum absolute atomic E-state index is 12.3. The van der Waals surface area contributed by atoms with Gasteiger partial charge in [-0.2, -0.15) is 0 Å². The topological polar surface area (TPSA) is 58.2 Å². The number of benzene rings is 1. The van der Waals surface area contributed by atoms with Gasteiger partial charge in [-0.25, -0.2) is 0 Å². The molecule has 0 aromatic heterocycles. The van der Waals surface area contributed by atoms with Crippen molar-refractivity contribution >= 4 is 39.3 Å². The normalized spacial score (nSPS) is 28.8. The van der Waals surface area contributed by atoms with E-state index in [4.69, 9.17) is 11.6 Å². The Labute approximate surface area is 162 Å². The molecule has 25 heavy (non-hydrogen) atoms. The number of hydrogen-bond acceptors (Lipinski definition) is 2. The lowest BCUT2D eigenvalue weighted by atomic mass is 9.72. The molecule has 1 saturated carbocycles. The molecule has 1 aliphatic carbocycles. The van der Waals surface area contributed by atoms with E-state index in [9.17, 15) is 9.59 Å². The van der Waals surface area contributed by atoms with Gasteiger partial charge in [-0.05, 0) is 55.7 Å². The van der Waals surface area contributed by atoms with E-state index in [-0.39, 0.29) is 17.7 Å². The molecule has 1 saturated heterocycles. The van der Waals surface area contributed by atoms with Crippen LogP contribution in [0.2, 0.25) is 5.02 Å². The van der Waals surface area contributed by atoms with E-state index < -0.39 is 0 Å². The third kappa shape index (κ3) is 4.56. The van der Waals surface area contributed by atoms with Crippen molar-refractivity contribution in [2.24, 2.45) is 17.8 Å². The van der Waals surface area contributed by atoms with Gasteiger partial charge in [-0.1, -0.05) is 40.9 Å². The highest BCUT2D eigenvalue weighted by molar-refractivity contribution is 9.10. The molecule has 1 aromatic carbocycles. The van der Waals surface area contributed by atoms with Crippen molar-refractivity contribution in [1.82, 2.24) is 10.6 Å². The Hall–Kier alpha value is -1.07. The summed E-state index contributed by atoms with van der Waals surface area (Å²) in [5.74, 6) is 1.23. The maximum Gasteiger partial charge on any atom is 0.252 e. The van der Waals surface area contributed by atoms with E-state index in [1.165, 1.54) is 12.8 Å². The minimum absolute atomic E-state index is 0.00654. The van der Waals surface area contributed by atoms with Crippen LogP contribution in [0.15, 0.2) is 22.7 Å². The summed E-state index contributed by atoms with van der Waals surface area (Å²) < 4.78 is 0.811. The van der Waals surface area contributed by atoms with Gasteiger partial charge in [0.15, 0.2) is 0 Å². The van der Waals surface area contributed by atoms with Gasteiger partial charge >= 0.3 is 0 Å². The summed E-state index contributed by atoms with van der Waals surface area (Å²) in [7, 11) is 0. The molecule has 2 amide bonds. The number of carbonyl (C=O) groups is 2. The predicted octanol–water partition coefficient (Wildman–Crippen LogP) is 4.16. The number of amides is 2. The molecule has 4 nitrogen and oxygen atoms in total. The van der Waals surface area contributed by atoms with E-state index in [0.29, 0.717) is 41.4 Å². The molecule has 136 valence electrons. The van der Waals surface area contributed by atoms with Crippen LogP contribution in [0, 0.1) is 17.8 Å². The van der Waals surface area contributed by atoms with Crippen LogP contribution in [0.5, 0.6) is 0 Å². The average Bonchev–Trinajstić information content (AvgIpc) is 2.57. The lowest BCUT2D eigenvalue weighted by Crippen LogP contribution is -2.52. The van der Waals surface area contributed by atoms with Gasteiger partial charge in [0.2, 0.25) is 5.91 Å². The van der Waals surface area contributed by atoms with E-state index in [1.807, 2.05) is 0 Å². The summed E-state index contributed by atoms with van der Waals surface area (Å²) in [6, 6.07) is 5.55. The summed E-state index contributed by atoms with van der Waals surface area (Å²) in [4.78, 5) is 24.6. The van der Waals surface area contributed by atoms with Crippen molar-refractivity contribution < 1.29 is 9.59 Å². The quantitative estimate of drug-likeness (QED) is 0.758. The number of carbonyl (C=O) groups excluding carboxylic acids is 2. The third-order valence-corrected chi connectivity index (χ3v) is 6.32. The molecular formula is C19H24BrClN2O2. The van der Waals surface area contributed by atoms with Gasteiger partial charge < -0.3 is 10.6 Å². The first-order valence-corrected chi connectivity index (χ1v) is 10.1. The third-order valence-electron chi connectivity index (χ3n) is 5.49. The molecule has 4 unspecified atom stereocenters. The van der Waals surface area contributed by atoms with Crippen LogP contribution >= 0.6 is 27.5 Å². The van der Waals surface area contributed by atoms with Crippen LogP contribution in [-0.4, -0.2) is 24.4 Å². The van der Waals surface area contributed by atoms with Crippen molar-refractivity contribution in [2.75, 3.05) is 6.54 Å². The molecule has 2 aliphatic rings. The average molecular weight is 428 g/mol. The Balaban J connectivity index is 1.51. The van der Waals surface area contributed by atoms with Gasteiger partial charge in [0.1, 0.15) is 0 Å². The lowest BCUT2D eigenvalue weighted by Gasteiger charge is -2.41. The first-order valence-electron chi connectivity index (χ1n) is 8.97. The molecule has 0 radical (unpaired) electrons. The van der Waals surface area contributed by atoms with Crippen molar-refractivity contribution in [1.29, 1.82) is 0 Å². The SMILES string of the molecule is CC1CCC2CC(CCNC(=O)c3cc(Br)ccc3Cl)C(=O)NC2C1. The molecule has 1 heterocycles. The van der Waals surface area contributed by atoms with Gasteiger partial charge in [-0.3, -0.25) is 9.59 Å². The molecule has 2 N–H and O–H groups in total. The summed E-state index contributed by atoms with van der Waals surface area (Å²) in [6.07, 6.45) is 5.16. The Morgan fingerprint density at radius 1 is 1.36 bits per heavy atom. The zero-order chi connectivity index (χ0) is 18.0. The molecular weight excluding hydrogens is 404 g/mol. The second-order valence-corrected chi connectivity index (χ2v) is 8.72. The standard InChI is InChI=1S/C19H24BrClN2O2/c1-11-2-3-12-9-13(18(24)23-17(12)8-11)6-7-22-19(25)15-10-14(20)4-5-16(15)21/h4-5,10-13,17H,2-3,6-9H2,1H3,(H,22,25)(H,23,24). The summed E-state index contributed by atoms with van der Waals surface area (Å²) >= 11 is 9.43. The highest BCUT2D eigenvalue weighted by atomic mass is 79.9. The Kier molecular flexibility index (Phi) is 6.05. The maximum atomic E-state index is 12.3. The summed E-state index contributed by atoms with van der Waals surface area (Å²) in [6.45, 7) is 2.74. The number of piperidine rings is 1. The first-order chi connectivity index (χ1) is 11.9. The first kappa shape index (κ1) is 18.7. The van der Waals surface area contributed by atoms with Gasteiger partial charge in [0.25, 0.3) is 5.91 Å².